The Morgan fingerprint density at radius 2 is 2.11 bits per heavy atom. The monoisotopic (exact) mass is 266 g/mol. The average Bonchev–Trinajstić information content (AvgIpc) is 2.88. The van der Waals surface area contributed by atoms with Gasteiger partial charge in [-0.1, -0.05) is 17.7 Å². The van der Waals surface area contributed by atoms with E-state index in [1.165, 1.54) is 25.9 Å². The van der Waals surface area contributed by atoms with Crippen LogP contribution in [-0.2, 0) is 0 Å². The van der Waals surface area contributed by atoms with E-state index < -0.39 is 0 Å². The second kappa shape index (κ2) is 6.21. The molecule has 0 bridgehead atoms. The number of carbonyl (C=O) groups excluding carboxylic acids is 1. The third kappa shape index (κ3) is 3.47. The van der Waals surface area contributed by atoms with E-state index in [1.807, 2.05) is 13.1 Å². The molecule has 18 heavy (non-hydrogen) atoms. The van der Waals surface area contributed by atoms with Crippen LogP contribution in [0.4, 0.5) is 0 Å². The summed E-state index contributed by atoms with van der Waals surface area (Å²) in [6.07, 6.45) is 2.57. The van der Waals surface area contributed by atoms with E-state index >= 15 is 0 Å². The smallest absolute Gasteiger partial charge is 0.253 e. The molecule has 1 aliphatic rings. The van der Waals surface area contributed by atoms with Crippen LogP contribution in [0.5, 0.6) is 0 Å². The summed E-state index contributed by atoms with van der Waals surface area (Å²) in [5.74, 6) is 0.0386. The van der Waals surface area contributed by atoms with Crippen molar-refractivity contribution in [1.82, 2.24) is 9.80 Å². The molecule has 0 unspecified atom stereocenters. The number of amides is 1. The van der Waals surface area contributed by atoms with Crippen LogP contribution < -0.4 is 0 Å². The maximum Gasteiger partial charge on any atom is 0.253 e. The molecule has 1 saturated heterocycles. The molecule has 4 heteroatoms. The number of likely N-dealkylation sites (N-methyl/N-ethyl adjacent to an activating group) is 1. The SMILES string of the molecule is CN(CCN1CCCC1)C(=O)c1cccc(Cl)c1. The summed E-state index contributed by atoms with van der Waals surface area (Å²) in [4.78, 5) is 16.3. The van der Waals surface area contributed by atoms with Gasteiger partial charge in [-0.2, -0.15) is 0 Å². The zero-order valence-corrected chi connectivity index (χ0v) is 11.5. The molecule has 0 aliphatic carbocycles. The minimum absolute atomic E-state index is 0.0386. The van der Waals surface area contributed by atoms with E-state index in [-0.39, 0.29) is 5.91 Å². The van der Waals surface area contributed by atoms with Crippen LogP contribution in [0.15, 0.2) is 24.3 Å². The van der Waals surface area contributed by atoms with Gasteiger partial charge in [-0.25, -0.2) is 0 Å². The number of hydrogen-bond donors (Lipinski definition) is 0. The van der Waals surface area contributed by atoms with Crippen molar-refractivity contribution >= 4 is 17.5 Å². The summed E-state index contributed by atoms with van der Waals surface area (Å²) in [5.41, 5.74) is 0.659. The molecule has 0 aromatic heterocycles. The quantitative estimate of drug-likeness (QED) is 0.836. The van der Waals surface area contributed by atoms with Crippen LogP contribution in [-0.4, -0.2) is 48.9 Å². The molecule has 0 atom stereocenters. The van der Waals surface area contributed by atoms with Crippen LogP contribution in [0.1, 0.15) is 23.2 Å². The molecule has 0 radical (unpaired) electrons. The van der Waals surface area contributed by atoms with Crippen molar-refractivity contribution in [1.29, 1.82) is 0 Å². The minimum atomic E-state index is 0.0386. The molecule has 1 heterocycles. The van der Waals surface area contributed by atoms with Gasteiger partial charge >= 0.3 is 0 Å². The fourth-order valence-corrected chi connectivity index (χ4v) is 2.43. The van der Waals surface area contributed by atoms with Gasteiger partial charge in [-0.05, 0) is 44.1 Å². The fourth-order valence-electron chi connectivity index (χ4n) is 2.24. The van der Waals surface area contributed by atoms with Gasteiger partial charge in [0.25, 0.3) is 5.91 Å². The van der Waals surface area contributed by atoms with E-state index in [1.54, 1.807) is 23.1 Å². The molecule has 0 saturated carbocycles. The summed E-state index contributed by atoms with van der Waals surface area (Å²) < 4.78 is 0. The summed E-state index contributed by atoms with van der Waals surface area (Å²) in [5, 5.41) is 0.605. The van der Waals surface area contributed by atoms with Gasteiger partial charge in [0.1, 0.15) is 0 Å². The highest BCUT2D eigenvalue weighted by atomic mass is 35.5. The Labute approximate surface area is 113 Å². The maximum absolute atomic E-state index is 12.2. The molecule has 3 nitrogen and oxygen atoms in total. The summed E-state index contributed by atoms with van der Waals surface area (Å²) in [6.45, 7) is 4.06. The number of hydrogen-bond acceptors (Lipinski definition) is 2. The third-order valence-electron chi connectivity index (χ3n) is 3.37. The second-order valence-corrected chi connectivity index (χ2v) is 5.22. The third-order valence-corrected chi connectivity index (χ3v) is 3.60. The van der Waals surface area contributed by atoms with Crippen LogP contribution in [0.3, 0.4) is 0 Å². The maximum atomic E-state index is 12.2. The number of nitrogens with zero attached hydrogens (tertiary/aromatic N) is 2. The lowest BCUT2D eigenvalue weighted by atomic mass is 10.2. The highest BCUT2D eigenvalue weighted by molar-refractivity contribution is 6.30. The molecular weight excluding hydrogens is 248 g/mol. The molecule has 1 amide bonds. The highest BCUT2D eigenvalue weighted by Crippen LogP contribution is 2.12. The van der Waals surface area contributed by atoms with Gasteiger partial charge in [-0.3, -0.25) is 4.79 Å². The van der Waals surface area contributed by atoms with Crippen molar-refractivity contribution in [2.75, 3.05) is 33.2 Å². The van der Waals surface area contributed by atoms with E-state index in [4.69, 9.17) is 11.6 Å². The largest absolute Gasteiger partial charge is 0.340 e. The number of halogens is 1. The molecule has 1 aromatic rings. The minimum Gasteiger partial charge on any atom is -0.340 e. The Hall–Kier alpha value is -1.06. The number of carbonyl (C=O) groups is 1. The van der Waals surface area contributed by atoms with E-state index in [0.717, 1.165) is 13.1 Å². The van der Waals surface area contributed by atoms with Crippen molar-refractivity contribution in [2.24, 2.45) is 0 Å². The number of benzene rings is 1. The summed E-state index contributed by atoms with van der Waals surface area (Å²) in [7, 11) is 1.85. The number of rotatable bonds is 4. The van der Waals surface area contributed by atoms with Crippen LogP contribution in [0.25, 0.3) is 0 Å². The lowest BCUT2D eigenvalue weighted by molar-refractivity contribution is 0.0782. The lowest BCUT2D eigenvalue weighted by Crippen LogP contribution is -2.35. The Balaban J connectivity index is 1.87. The highest BCUT2D eigenvalue weighted by Gasteiger charge is 2.15. The zero-order valence-electron chi connectivity index (χ0n) is 10.7. The molecule has 1 aromatic carbocycles. The molecule has 0 N–H and O–H groups in total. The van der Waals surface area contributed by atoms with Gasteiger partial charge in [0.05, 0.1) is 0 Å². The van der Waals surface area contributed by atoms with Crippen molar-refractivity contribution in [3.8, 4) is 0 Å². The Kier molecular flexibility index (Phi) is 4.61. The molecule has 1 fully saturated rings. The van der Waals surface area contributed by atoms with Gasteiger partial charge in [-0.15, -0.1) is 0 Å². The van der Waals surface area contributed by atoms with E-state index in [0.29, 0.717) is 10.6 Å². The Morgan fingerprint density at radius 1 is 1.39 bits per heavy atom. The molecule has 98 valence electrons. The van der Waals surface area contributed by atoms with Gasteiger partial charge in [0.15, 0.2) is 0 Å². The molecular formula is C14H19ClN2O. The van der Waals surface area contributed by atoms with Crippen LogP contribution in [0, 0.1) is 0 Å². The van der Waals surface area contributed by atoms with Crippen LogP contribution in [0.2, 0.25) is 5.02 Å². The Morgan fingerprint density at radius 3 is 2.78 bits per heavy atom. The normalized spacial score (nSPS) is 15.9. The van der Waals surface area contributed by atoms with Crippen molar-refractivity contribution in [3.05, 3.63) is 34.9 Å². The van der Waals surface area contributed by atoms with Crippen molar-refractivity contribution in [2.45, 2.75) is 12.8 Å². The van der Waals surface area contributed by atoms with E-state index in [9.17, 15) is 4.79 Å². The van der Waals surface area contributed by atoms with Gasteiger partial charge in [0, 0.05) is 30.7 Å². The Bertz CT molecular complexity index is 416. The second-order valence-electron chi connectivity index (χ2n) is 4.79. The standard InChI is InChI=1S/C14H19ClN2O/c1-16(9-10-17-7-2-3-8-17)14(18)12-5-4-6-13(15)11-12/h4-6,11H,2-3,7-10H2,1H3. The van der Waals surface area contributed by atoms with E-state index in [2.05, 4.69) is 4.90 Å². The topological polar surface area (TPSA) is 23.6 Å². The molecule has 2 rings (SSSR count). The molecule has 0 spiro atoms. The first-order valence-electron chi connectivity index (χ1n) is 6.40. The zero-order chi connectivity index (χ0) is 13.0. The van der Waals surface area contributed by atoms with Crippen molar-refractivity contribution in [3.63, 3.8) is 0 Å². The average molecular weight is 267 g/mol. The first-order valence-corrected chi connectivity index (χ1v) is 6.78. The first kappa shape index (κ1) is 13.4. The predicted molar refractivity (Wildman–Crippen MR) is 74.1 cm³/mol. The van der Waals surface area contributed by atoms with Crippen molar-refractivity contribution < 1.29 is 4.79 Å². The summed E-state index contributed by atoms with van der Waals surface area (Å²) >= 11 is 5.90. The fraction of sp³-hybridized carbons (Fsp3) is 0.500. The molecule has 1 aliphatic heterocycles. The predicted octanol–water partition coefficient (Wildman–Crippen LogP) is 2.51. The van der Waals surface area contributed by atoms with Crippen LogP contribution >= 0.6 is 11.6 Å². The lowest BCUT2D eigenvalue weighted by Gasteiger charge is -2.21. The summed E-state index contributed by atoms with van der Waals surface area (Å²) in [6, 6.07) is 7.11. The number of likely N-dealkylation sites (tertiary alicyclic amines) is 1. The van der Waals surface area contributed by atoms with Gasteiger partial charge in [0.2, 0.25) is 0 Å². The van der Waals surface area contributed by atoms with Gasteiger partial charge < -0.3 is 9.80 Å². The first-order chi connectivity index (χ1) is 8.66.